The van der Waals surface area contributed by atoms with E-state index in [1.807, 2.05) is 56.5 Å². The molecule has 1 amide bonds. The molecule has 0 saturated carbocycles. The van der Waals surface area contributed by atoms with Crippen molar-refractivity contribution in [2.24, 2.45) is 0 Å². The molecular weight excluding hydrogens is 286 g/mol. The highest BCUT2D eigenvalue weighted by Crippen LogP contribution is 2.10. The number of aryl methyl sites for hydroxylation is 1. The van der Waals surface area contributed by atoms with Gasteiger partial charge in [-0.2, -0.15) is 0 Å². The Morgan fingerprint density at radius 1 is 1.38 bits per heavy atom. The smallest absolute Gasteiger partial charge is 0.233 e. The number of hydrogen-bond donors (Lipinski definition) is 1. The van der Waals surface area contributed by atoms with Crippen LogP contribution in [0.2, 0.25) is 0 Å². The van der Waals surface area contributed by atoms with Crippen molar-refractivity contribution in [3.63, 3.8) is 0 Å². The molecule has 2 aromatic heterocycles. The molecule has 2 aromatic rings. The summed E-state index contributed by atoms with van der Waals surface area (Å²) in [6.07, 6.45) is 1.88. The van der Waals surface area contributed by atoms with Crippen LogP contribution in [0, 0.1) is 6.92 Å². The van der Waals surface area contributed by atoms with Crippen LogP contribution in [0.25, 0.3) is 5.65 Å². The summed E-state index contributed by atoms with van der Waals surface area (Å²) in [6.45, 7) is 7.70. The second kappa shape index (κ2) is 5.97. The van der Waals surface area contributed by atoms with E-state index in [-0.39, 0.29) is 17.2 Å². The van der Waals surface area contributed by atoms with Crippen LogP contribution in [-0.2, 0) is 21.3 Å². The lowest BCUT2D eigenvalue weighted by atomic mass is 10.1. The lowest BCUT2D eigenvalue weighted by Crippen LogP contribution is -2.42. The fourth-order valence-corrected chi connectivity index (χ4v) is 3.02. The van der Waals surface area contributed by atoms with Crippen LogP contribution in [0.1, 0.15) is 32.2 Å². The van der Waals surface area contributed by atoms with Crippen molar-refractivity contribution in [2.45, 2.75) is 39.0 Å². The van der Waals surface area contributed by atoms with Crippen LogP contribution in [0.3, 0.4) is 0 Å². The van der Waals surface area contributed by atoms with Crippen LogP contribution >= 0.6 is 0 Å². The maximum atomic E-state index is 12.1. The zero-order valence-electron chi connectivity index (χ0n) is 12.8. The number of amides is 1. The molecule has 6 heteroatoms. The van der Waals surface area contributed by atoms with E-state index in [1.165, 1.54) is 0 Å². The first-order valence-corrected chi connectivity index (χ1v) is 8.33. The van der Waals surface area contributed by atoms with Crippen molar-refractivity contribution in [1.29, 1.82) is 0 Å². The van der Waals surface area contributed by atoms with E-state index in [0.717, 1.165) is 17.0 Å². The van der Waals surface area contributed by atoms with Gasteiger partial charge < -0.3 is 9.72 Å². The van der Waals surface area contributed by atoms with E-state index in [0.29, 0.717) is 5.75 Å². The molecule has 0 fully saturated rings. The molecule has 2 heterocycles. The summed E-state index contributed by atoms with van der Waals surface area (Å²) < 4.78 is 14.0. The van der Waals surface area contributed by atoms with Crippen molar-refractivity contribution >= 4 is 22.4 Å². The summed E-state index contributed by atoms with van der Waals surface area (Å²) in [7, 11) is -1.26. The number of nitrogens with zero attached hydrogens (tertiary/aromatic N) is 2. The number of carbonyl (C=O) groups is 1. The second-order valence-corrected chi connectivity index (χ2v) is 7.61. The summed E-state index contributed by atoms with van der Waals surface area (Å²) in [5.74, 6) is 0.101. The van der Waals surface area contributed by atoms with E-state index in [2.05, 4.69) is 10.3 Å². The molecule has 0 aliphatic heterocycles. The van der Waals surface area contributed by atoms with E-state index >= 15 is 0 Å². The van der Waals surface area contributed by atoms with Gasteiger partial charge in [0, 0.05) is 28.2 Å². The van der Waals surface area contributed by atoms with Gasteiger partial charge in [-0.25, -0.2) is 4.98 Å². The number of rotatable bonds is 4. The summed E-state index contributed by atoms with van der Waals surface area (Å²) in [5.41, 5.74) is 2.34. The highest BCUT2D eigenvalue weighted by Gasteiger charge is 2.16. The molecule has 0 aromatic carbocycles. The molecule has 1 atom stereocenters. The third-order valence-corrected chi connectivity index (χ3v) is 4.06. The Bertz CT molecular complexity index is 686. The molecule has 2 rings (SSSR count). The predicted octanol–water partition coefficient (Wildman–Crippen LogP) is 1.81. The molecule has 21 heavy (non-hydrogen) atoms. The van der Waals surface area contributed by atoms with E-state index in [1.54, 1.807) is 0 Å². The second-order valence-electron chi connectivity index (χ2n) is 6.15. The van der Waals surface area contributed by atoms with Crippen LogP contribution in [0.15, 0.2) is 24.4 Å². The number of aromatic nitrogens is 2. The minimum atomic E-state index is -1.26. The van der Waals surface area contributed by atoms with Crippen molar-refractivity contribution in [3.05, 3.63) is 35.8 Å². The third kappa shape index (κ3) is 4.39. The third-order valence-electron chi connectivity index (χ3n) is 2.86. The Kier molecular flexibility index (Phi) is 4.46. The van der Waals surface area contributed by atoms with E-state index in [4.69, 9.17) is 0 Å². The van der Waals surface area contributed by atoms with Crippen molar-refractivity contribution in [1.82, 2.24) is 14.7 Å². The lowest BCUT2D eigenvalue weighted by molar-refractivity contribution is -0.119. The minimum absolute atomic E-state index is 0.00409. The summed E-state index contributed by atoms with van der Waals surface area (Å²) in [4.78, 5) is 16.2. The SMILES string of the molecule is Cc1cccc2nc(CS(=O)CC(=O)NC(C)(C)C)cn12. The highest BCUT2D eigenvalue weighted by molar-refractivity contribution is 7.84. The van der Waals surface area contributed by atoms with Gasteiger partial charge in [0.05, 0.1) is 11.4 Å². The molecule has 0 aliphatic rings. The van der Waals surface area contributed by atoms with Crippen molar-refractivity contribution < 1.29 is 9.00 Å². The Balaban J connectivity index is 2.01. The van der Waals surface area contributed by atoms with Gasteiger partial charge >= 0.3 is 0 Å². The van der Waals surface area contributed by atoms with Crippen molar-refractivity contribution in [3.8, 4) is 0 Å². The quantitative estimate of drug-likeness (QED) is 0.937. The Hall–Kier alpha value is -1.69. The minimum Gasteiger partial charge on any atom is -0.351 e. The molecule has 0 spiro atoms. The fraction of sp³-hybridized carbons (Fsp3) is 0.467. The number of imidazole rings is 1. The Morgan fingerprint density at radius 2 is 2.10 bits per heavy atom. The summed E-state index contributed by atoms with van der Waals surface area (Å²) in [6, 6.07) is 5.84. The first kappa shape index (κ1) is 15.7. The first-order chi connectivity index (χ1) is 9.74. The average molecular weight is 307 g/mol. The summed E-state index contributed by atoms with van der Waals surface area (Å²) in [5, 5.41) is 2.81. The van der Waals surface area contributed by atoms with Crippen LogP contribution in [0.4, 0.5) is 0 Å². The van der Waals surface area contributed by atoms with Gasteiger partial charge in [0.25, 0.3) is 0 Å². The van der Waals surface area contributed by atoms with Gasteiger partial charge in [-0.05, 0) is 39.8 Å². The van der Waals surface area contributed by atoms with Gasteiger partial charge in [-0.15, -0.1) is 0 Å². The average Bonchev–Trinajstić information content (AvgIpc) is 2.69. The maximum Gasteiger partial charge on any atom is 0.233 e. The largest absolute Gasteiger partial charge is 0.351 e. The molecule has 0 radical (unpaired) electrons. The number of carbonyl (C=O) groups excluding carboxylic acids is 1. The molecule has 0 saturated heterocycles. The number of hydrogen-bond acceptors (Lipinski definition) is 3. The van der Waals surface area contributed by atoms with Crippen LogP contribution < -0.4 is 5.32 Å². The number of fused-ring (bicyclic) bond motifs is 1. The van der Waals surface area contributed by atoms with Crippen LogP contribution in [0.5, 0.6) is 0 Å². The number of pyridine rings is 1. The molecule has 1 N–H and O–H groups in total. The molecule has 0 aliphatic carbocycles. The molecule has 5 nitrogen and oxygen atoms in total. The standard InChI is InChI=1S/C15H21N3O2S/c1-11-6-5-7-13-16-12(8-18(11)13)9-21(20)10-14(19)17-15(2,3)4/h5-8H,9-10H2,1-4H3,(H,17,19). The first-order valence-electron chi connectivity index (χ1n) is 6.84. The Labute approximate surface area is 127 Å². The van der Waals surface area contributed by atoms with Crippen LogP contribution in [-0.4, -0.2) is 30.8 Å². The van der Waals surface area contributed by atoms with E-state index < -0.39 is 10.8 Å². The highest BCUT2D eigenvalue weighted by atomic mass is 32.2. The van der Waals surface area contributed by atoms with Gasteiger partial charge in [-0.1, -0.05) is 6.07 Å². The van der Waals surface area contributed by atoms with Gasteiger partial charge in [-0.3, -0.25) is 9.00 Å². The summed E-state index contributed by atoms with van der Waals surface area (Å²) >= 11 is 0. The zero-order valence-corrected chi connectivity index (χ0v) is 13.7. The Morgan fingerprint density at radius 3 is 2.71 bits per heavy atom. The normalized spacial score (nSPS) is 13.3. The zero-order chi connectivity index (χ0) is 15.6. The topological polar surface area (TPSA) is 63.5 Å². The fourth-order valence-electron chi connectivity index (χ4n) is 2.08. The molecule has 1 unspecified atom stereocenters. The van der Waals surface area contributed by atoms with E-state index in [9.17, 15) is 9.00 Å². The molecular formula is C15H21N3O2S. The van der Waals surface area contributed by atoms with Crippen molar-refractivity contribution in [2.75, 3.05) is 5.75 Å². The molecule has 114 valence electrons. The lowest BCUT2D eigenvalue weighted by Gasteiger charge is -2.20. The van der Waals surface area contributed by atoms with Gasteiger partial charge in [0.1, 0.15) is 11.4 Å². The monoisotopic (exact) mass is 307 g/mol. The van der Waals surface area contributed by atoms with Gasteiger partial charge in [0.15, 0.2) is 0 Å². The van der Waals surface area contributed by atoms with Gasteiger partial charge in [0.2, 0.25) is 5.91 Å². The predicted molar refractivity (Wildman–Crippen MR) is 84.5 cm³/mol. The number of nitrogens with one attached hydrogen (secondary N) is 1. The maximum absolute atomic E-state index is 12.1. The molecule has 0 bridgehead atoms.